The summed E-state index contributed by atoms with van der Waals surface area (Å²) in [6.45, 7) is 0.601. The second-order valence-electron chi connectivity index (χ2n) is 4.65. The minimum absolute atomic E-state index is 0.0927. The van der Waals surface area contributed by atoms with Crippen molar-refractivity contribution in [2.75, 3.05) is 17.6 Å². The first kappa shape index (κ1) is 13.1. The Morgan fingerprint density at radius 3 is 3.05 bits per heavy atom. The van der Waals surface area contributed by atoms with Crippen LogP contribution < -0.4 is 16.4 Å². The standard InChI is InChI=1S/C13H17N5O/c14-7-9-6-10(15)8-17-13(9)16-5-1-2-12(19)18-11-3-4-11/h6,8,11H,1-5,15H2,(H,16,17)(H,18,19). The zero-order chi connectivity index (χ0) is 13.7. The topological polar surface area (TPSA) is 104 Å². The van der Waals surface area contributed by atoms with Gasteiger partial charge in [-0.1, -0.05) is 0 Å². The van der Waals surface area contributed by atoms with Crippen molar-refractivity contribution < 1.29 is 4.79 Å². The van der Waals surface area contributed by atoms with Crippen molar-refractivity contribution in [2.24, 2.45) is 0 Å². The van der Waals surface area contributed by atoms with Crippen LogP contribution in [0.25, 0.3) is 0 Å². The number of nitriles is 1. The maximum Gasteiger partial charge on any atom is 0.220 e. The number of nitrogen functional groups attached to an aromatic ring is 1. The second-order valence-corrected chi connectivity index (χ2v) is 4.65. The summed E-state index contributed by atoms with van der Waals surface area (Å²) >= 11 is 0. The van der Waals surface area contributed by atoms with Crippen molar-refractivity contribution in [3.8, 4) is 6.07 Å². The highest BCUT2D eigenvalue weighted by Gasteiger charge is 2.22. The van der Waals surface area contributed by atoms with E-state index in [2.05, 4.69) is 15.6 Å². The molecular formula is C13H17N5O. The van der Waals surface area contributed by atoms with Crippen molar-refractivity contribution in [2.45, 2.75) is 31.7 Å². The number of hydrogen-bond donors (Lipinski definition) is 3. The van der Waals surface area contributed by atoms with E-state index in [1.807, 2.05) is 6.07 Å². The summed E-state index contributed by atoms with van der Waals surface area (Å²) in [5.74, 6) is 0.606. The fourth-order valence-corrected chi connectivity index (χ4v) is 1.69. The summed E-state index contributed by atoms with van der Waals surface area (Å²) in [5.41, 5.74) is 6.44. The highest BCUT2D eigenvalue weighted by atomic mass is 16.1. The van der Waals surface area contributed by atoms with Gasteiger partial charge >= 0.3 is 0 Å². The van der Waals surface area contributed by atoms with Crippen molar-refractivity contribution in [1.29, 1.82) is 5.26 Å². The van der Waals surface area contributed by atoms with Gasteiger partial charge in [0.1, 0.15) is 11.9 Å². The molecule has 2 rings (SSSR count). The van der Waals surface area contributed by atoms with Crippen molar-refractivity contribution >= 4 is 17.4 Å². The molecule has 0 bridgehead atoms. The molecule has 1 fully saturated rings. The Morgan fingerprint density at radius 1 is 1.58 bits per heavy atom. The van der Waals surface area contributed by atoms with E-state index in [4.69, 9.17) is 11.0 Å². The van der Waals surface area contributed by atoms with E-state index in [-0.39, 0.29) is 5.91 Å². The lowest BCUT2D eigenvalue weighted by Gasteiger charge is -2.07. The summed E-state index contributed by atoms with van der Waals surface area (Å²) in [6, 6.07) is 4.02. The van der Waals surface area contributed by atoms with Gasteiger partial charge in [0.15, 0.2) is 0 Å². The molecule has 1 amide bonds. The highest BCUT2D eigenvalue weighted by molar-refractivity contribution is 5.76. The molecule has 0 radical (unpaired) electrons. The number of hydrogen-bond acceptors (Lipinski definition) is 5. The molecule has 0 aliphatic heterocycles. The molecule has 6 nitrogen and oxygen atoms in total. The Bertz CT molecular complexity index is 504. The molecule has 1 heterocycles. The summed E-state index contributed by atoms with van der Waals surface area (Å²) in [6.07, 6.45) is 4.90. The summed E-state index contributed by atoms with van der Waals surface area (Å²) < 4.78 is 0. The van der Waals surface area contributed by atoms with Crippen molar-refractivity contribution in [3.63, 3.8) is 0 Å². The van der Waals surface area contributed by atoms with Crippen LogP contribution >= 0.6 is 0 Å². The molecule has 1 aromatic heterocycles. The number of carbonyl (C=O) groups excluding carboxylic acids is 1. The molecule has 0 aromatic carbocycles. The first-order valence-corrected chi connectivity index (χ1v) is 6.38. The normalized spacial score (nSPS) is 13.6. The van der Waals surface area contributed by atoms with Crippen LogP contribution in [0.15, 0.2) is 12.3 Å². The summed E-state index contributed by atoms with van der Waals surface area (Å²) in [7, 11) is 0. The first-order chi connectivity index (χ1) is 9.19. The molecular weight excluding hydrogens is 242 g/mol. The van der Waals surface area contributed by atoms with Crippen LogP contribution in [-0.2, 0) is 4.79 Å². The molecule has 4 N–H and O–H groups in total. The molecule has 6 heteroatoms. The average molecular weight is 259 g/mol. The van der Waals surface area contributed by atoms with Gasteiger partial charge in [-0.15, -0.1) is 0 Å². The van der Waals surface area contributed by atoms with Crippen LogP contribution in [-0.4, -0.2) is 23.5 Å². The van der Waals surface area contributed by atoms with Crippen LogP contribution in [0.3, 0.4) is 0 Å². The quantitative estimate of drug-likeness (QED) is 0.661. The van der Waals surface area contributed by atoms with Crippen LogP contribution in [0.2, 0.25) is 0 Å². The molecule has 0 unspecified atom stereocenters. The molecule has 1 aliphatic carbocycles. The van der Waals surface area contributed by atoms with Gasteiger partial charge in [0.2, 0.25) is 5.91 Å². The van der Waals surface area contributed by atoms with Crippen molar-refractivity contribution in [1.82, 2.24) is 10.3 Å². The third-order valence-electron chi connectivity index (χ3n) is 2.84. The van der Waals surface area contributed by atoms with Gasteiger partial charge in [0.05, 0.1) is 17.4 Å². The van der Waals surface area contributed by atoms with Gasteiger partial charge in [-0.25, -0.2) is 4.98 Å². The SMILES string of the molecule is N#Cc1cc(N)cnc1NCCCC(=O)NC1CC1. The molecule has 0 saturated heterocycles. The van der Waals surface area contributed by atoms with E-state index in [1.54, 1.807) is 6.07 Å². The lowest BCUT2D eigenvalue weighted by Crippen LogP contribution is -2.25. The number of nitrogens with two attached hydrogens (primary N) is 1. The molecule has 19 heavy (non-hydrogen) atoms. The number of carbonyl (C=O) groups is 1. The number of amides is 1. The number of aromatic nitrogens is 1. The average Bonchev–Trinajstić information content (AvgIpc) is 3.19. The molecule has 1 aliphatic rings. The van der Waals surface area contributed by atoms with E-state index >= 15 is 0 Å². The number of anilines is 2. The second kappa shape index (κ2) is 6.05. The Morgan fingerprint density at radius 2 is 2.37 bits per heavy atom. The van der Waals surface area contributed by atoms with E-state index < -0.39 is 0 Å². The molecule has 1 aromatic rings. The Balaban J connectivity index is 1.73. The minimum Gasteiger partial charge on any atom is -0.397 e. The van der Waals surface area contributed by atoms with Crippen molar-refractivity contribution in [3.05, 3.63) is 17.8 Å². The lowest BCUT2D eigenvalue weighted by molar-refractivity contribution is -0.121. The smallest absolute Gasteiger partial charge is 0.220 e. The molecule has 1 saturated carbocycles. The van der Waals surface area contributed by atoms with Gasteiger partial charge in [-0.2, -0.15) is 5.26 Å². The number of nitrogens with zero attached hydrogens (tertiary/aromatic N) is 2. The lowest BCUT2D eigenvalue weighted by atomic mass is 10.2. The Labute approximate surface area is 112 Å². The third-order valence-corrected chi connectivity index (χ3v) is 2.84. The monoisotopic (exact) mass is 259 g/mol. The van der Waals surface area contributed by atoms with Crippen LogP contribution in [0.1, 0.15) is 31.2 Å². The Kier molecular flexibility index (Phi) is 4.18. The van der Waals surface area contributed by atoms with E-state index in [9.17, 15) is 4.79 Å². The molecule has 0 spiro atoms. The first-order valence-electron chi connectivity index (χ1n) is 6.38. The fraction of sp³-hybridized carbons (Fsp3) is 0.462. The zero-order valence-corrected chi connectivity index (χ0v) is 10.6. The van der Waals surface area contributed by atoms with Gasteiger partial charge < -0.3 is 16.4 Å². The predicted molar refractivity (Wildman–Crippen MR) is 72.3 cm³/mol. The maximum absolute atomic E-state index is 11.4. The van der Waals surface area contributed by atoms with E-state index in [0.29, 0.717) is 42.5 Å². The third kappa shape index (κ3) is 4.14. The van der Waals surface area contributed by atoms with Gasteiger partial charge in [0.25, 0.3) is 0 Å². The summed E-state index contributed by atoms with van der Waals surface area (Å²) in [4.78, 5) is 15.5. The number of pyridine rings is 1. The van der Waals surface area contributed by atoms with Gasteiger partial charge in [-0.3, -0.25) is 4.79 Å². The van der Waals surface area contributed by atoms with Crippen LogP contribution in [0.5, 0.6) is 0 Å². The van der Waals surface area contributed by atoms with Gasteiger partial charge in [-0.05, 0) is 25.3 Å². The number of rotatable bonds is 6. The highest BCUT2D eigenvalue weighted by Crippen LogP contribution is 2.18. The predicted octanol–water partition coefficient (Wildman–Crippen LogP) is 1.01. The Hall–Kier alpha value is -2.29. The van der Waals surface area contributed by atoms with Gasteiger partial charge in [0, 0.05) is 19.0 Å². The zero-order valence-electron chi connectivity index (χ0n) is 10.6. The molecule has 100 valence electrons. The minimum atomic E-state index is 0.0927. The van der Waals surface area contributed by atoms with E-state index in [1.165, 1.54) is 6.20 Å². The maximum atomic E-state index is 11.4. The fourth-order valence-electron chi connectivity index (χ4n) is 1.69. The van der Waals surface area contributed by atoms with Crippen LogP contribution in [0, 0.1) is 11.3 Å². The largest absolute Gasteiger partial charge is 0.397 e. The summed E-state index contributed by atoms with van der Waals surface area (Å²) in [5, 5.41) is 14.9. The van der Waals surface area contributed by atoms with E-state index in [0.717, 1.165) is 12.8 Å². The van der Waals surface area contributed by atoms with Crippen LogP contribution in [0.4, 0.5) is 11.5 Å². The number of nitrogens with one attached hydrogen (secondary N) is 2. The molecule has 0 atom stereocenters.